The molecule has 1 N–H and O–H groups in total. The molecule has 0 amide bonds. The van der Waals surface area contributed by atoms with Crippen LogP contribution in [0, 0.1) is 0 Å². The Labute approximate surface area is 120 Å². The van der Waals surface area contributed by atoms with Crippen molar-refractivity contribution in [3.05, 3.63) is 12.2 Å². The molecule has 0 heterocycles. The van der Waals surface area contributed by atoms with Crippen LogP contribution in [-0.4, -0.2) is 49.1 Å². The molecule has 1 atom stereocenters. The Kier molecular flexibility index (Phi) is 6.03. The summed E-state index contributed by atoms with van der Waals surface area (Å²) in [6.07, 6.45) is -7.18. The van der Waals surface area contributed by atoms with E-state index in [1.165, 1.54) is 0 Å². The summed E-state index contributed by atoms with van der Waals surface area (Å²) in [5.41, 5.74) is -1.95. The molecule has 7 nitrogen and oxygen atoms in total. The molecule has 0 fully saturated rings. The van der Waals surface area contributed by atoms with Crippen molar-refractivity contribution in [1.29, 1.82) is 0 Å². The minimum atomic E-state index is -5.86. The predicted octanol–water partition coefficient (Wildman–Crippen LogP) is 1.06. The highest BCUT2D eigenvalue weighted by molar-refractivity contribution is 7.86. The molecule has 128 valence electrons. The minimum absolute atomic E-state index is 0.690. The molecule has 13 heteroatoms. The van der Waals surface area contributed by atoms with Gasteiger partial charge in [0.1, 0.15) is 5.57 Å². The fourth-order valence-corrected chi connectivity index (χ4v) is 0.950. The number of hydrogen-bond acceptors (Lipinski definition) is 6. The molecule has 0 aromatic heterocycles. The van der Waals surface area contributed by atoms with Crippen molar-refractivity contribution in [2.24, 2.45) is 0 Å². The normalized spacial score (nSPS) is 14.1. The lowest BCUT2D eigenvalue weighted by molar-refractivity contribution is -0.172. The number of esters is 2. The van der Waals surface area contributed by atoms with E-state index in [1.54, 1.807) is 0 Å². The molecule has 0 radical (unpaired) electrons. The molecule has 0 aromatic carbocycles. The van der Waals surface area contributed by atoms with Crippen LogP contribution in [-0.2, 0) is 29.2 Å². The zero-order valence-corrected chi connectivity index (χ0v) is 11.5. The summed E-state index contributed by atoms with van der Waals surface area (Å²) in [4.78, 5) is 22.0. The monoisotopic (exact) mass is 356 g/mol. The highest BCUT2D eigenvalue weighted by Gasteiger charge is 2.46. The summed E-state index contributed by atoms with van der Waals surface area (Å²) < 4.78 is 97.9. The number of rotatable bonds is 6. The summed E-state index contributed by atoms with van der Waals surface area (Å²) in [5, 5.41) is -4.83. The maximum atomic E-state index is 12.7. The number of alkyl halides is 5. The van der Waals surface area contributed by atoms with Crippen LogP contribution >= 0.6 is 0 Å². The van der Waals surface area contributed by atoms with Crippen molar-refractivity contribution in [1.82, 2.24) is 0 Å². The lowest BCUT2D eigenvalue weighted by Crippen LogP contribution is -2.37. The van der Waals surface area contributed by atoms with Gasteiger partial charge in [0.25, 0.3) is 0 Å². The van der Waals surface area contributed by atoms with Gasteiger partial charge >= 0.3 is 33.5 Å². The molecule has 0 saturated heterocycles. The number of ether oxygens (including phenoxy) is 2. The van der Waals surface area contributed by atoms with Crippen LogP contribution in [0.5, 0.6) is 0 Å². The van der Waals surface area contributed by atoms with Gasteiger partial charge < -0.3 is 9.47 Å². The maximum Gasteiger partial charge on any atom is 0.422 e. The zero-order chi connectivity index (χ0) is 17.9. The zero-order valence-electron chi connectivity index (χ0n) is 10.7. The fraction of sp³-hybridized carbons (Fsp3) is 0.556. The number of hydrogen-bond donors (Lipinski definition) is 1. The summed E-state index contributed by atoms with van der Waals surface area (Å²) >= 11 is 0. The first-order chi connectivity index (χ1) is 9.59. The van der Waals surface area contributed by atoms with Crippen LogP contribution in [0.25, 0.3) is 0 Å². The van der Waals surface area contributed by atoms with Gasteiger partial charge in [0.15, 0.2) is 12.7 Å². The molecule has 0 aliphatic heterocycles. The molecular weight excluding hydrogens is 347 g/mol. The Hall–Kier alpha value is -1.76. The van der Waals surface area contributed by atoms with E-state index < -0.39 is 51.8 Å². The predicted molar refractivity (Wildman–Crippen MR) is 58.2 cm³/mol. The summed E-state index contributed by atoms with van der Waals surface area (Å²) in [6, 6.07) is 0. The van der Waals surface area contributed by atoms with E-state index in [0.29, 0.717) is 6.92 Å². The number of carbonyl (C=O) groups excluding carboxylic acids is 2. The van der Waals surface area contributed by atoms with Gasteiger partial charge in [0.05, 0.1) is 0 Å². The van der Waals surface area contributed by atoms with E-state index in [0.717, 1.165) is 0 Å². The van der Waals surface area contributed by atoms with Crippen molar-refractivity contribution in [2.75, 3.05) is 6.61 Å². The van der Waals surface area contributed by atoms with Crippen LogP contribution in [0.1, 0.15) is 6.92 Å². The van der Waals surface area contributed by atoms with Gasteiger partial charge in [-0.1, -0.05) is 6.58 Å². The van der Waals surface area contributed by atoms with Gasteiger partial charge in [-0.2, -0.15) is 30.4 Å². The topological polar surface area (TPSA) is 107 Å². The molecule has 0 aromatic rings. The number of halogens is 5. The molecular formula is C9H9F5O7S. The molecule has 0 spiro atoms. The van der Waals surface area contributed by atoms with Gasteiger partial charge in [-0.3, -0.25) is 4.55 Å². The third-order valence-electron chi connectivity index (χ3n) is 1.96. The second kappa shape index (κ2) is 6.56. The van der Waals surface area contributed by atoms with Crippen molar-refractivity contribution in [3.8, 4) is 0 Å². The second-order valence-corrected chi connectivity index (χ2v) is 5.29. The van der Waals surface area contributed by atoms with Crippen molar-refractivity contribution in [2.45, 2.75) is 24.5 Å². The van der Waals surface area contributed by atoms with Crippen LogP contribution in [0.4, 0.5) is 22.0 Å². The smallest absolute Gasteiger partial charge is 0.422 e. The van der Waals surface area contributed by atoms with Gasteiger partial charge in [-0.05, 0) is 6.92 Å². The van der Waals surface area contributed by atoms with E-state index in [1.807, 2.05) is 0 Å². The van der Waals surface area contributed by atoms with Crippen molar-refractivity contribution >= 4 is 22.1 Å². The second-order valence-electron chi connectivity index (χ2n) is 3.74. The average Bonchev–Trinajstić information content (AvgIpc) is 2.32. The molecule has 0 bridgehead atoms. The van der Waals surface area contributed by atoms with Crippen molar-refractivity contribution in [3.63, 3.8) is 0 Å². The minimum Gasteiger partial charge on any atom is -0.455 e. The fourth-order valence-electron chi connectivity index (χ4n) is 0.742. The quantitative estimate of drug-likeness (QED) is 0.328. The van der Waals surface area contributed by atoms with Crippen LogP contribution in [0.15, 0.2) is 12.2 Å². The van der Waals surface area contributed by atoms with E-state index in [-0.39, 0.29) is 0 Å². The third-order valence-corrected chi connectivity index (χ3v) is 2.84. The van der Waals surface area contributed by atoms with Gasteiger partial charge in [0, 0.05) is 0 Å². The van der Waals surface area contributed by atoms with E-state index >= 15 is 0 Å². The first-order valence-electron chi connectivity index (χ1n) is 5.08. The molecule has 0 rings (SSSR count). The van der Waals surface area contributed by atoms with Gasteiger partial charge in [-0.15, -0.1) is 0 Å². The summed E-state index contributed by atoms with van der Waals surface area (Å²) in [6.45, 7) is 0.943. The van der Waals surface area contributed by atoms with Crippen LogP contribution in [0.2, 0.25) is 0 Å². The standard InChI is InChI=1S/C9H9F5O7S/c1-4(9(12,13)14)6(15)21-5(2)7(16)20-3-8(10,11)22(17,18)19/h5H,1,3H2,2H3,(H,17,18,19). The molecule has 0 saturated carbocycles. The lowest BCUT2D eigenvalue weighted by Gasteiger charge is -2.17. The Morgan fingerprint density at radius 2 is 1.68 bits per heavy atom. The molecule has 0 aliphatic carbocycles. The summed E-state index contributed by atoms with van der Waals surface area (Å²) in [5.74, 6) is -3.80. The van der Waals surface area contributed by atoms with Crippen LogP contribution < -0.4 is 0 Å². The average molecular weight is 356 g/mol. The third kappa shape index (κ3) is 5.55. The Balaban J connectivity index is 4.65. The first-order valence-corrected chi connectivity index (χ1v) is 6.52. The van der Waals surface area contributed by atoms with Gasteiger partial charge in [0.2, 0.25) is 0 Å². The largest absolute Gasteiger partial charge is 0.455 e. The maximum absolute atomic E-state index is 12.7. The first kappa shape index (κ1) is 20.2. The molecule has 0 aliphatic rings. The van der Waals surface area contributed by atoms with E-state index in [9.17, 15) is 40.0 Å². The Bertz CT molecular complexity index is 565. The molecule has 22 heavy (non-hydrogen) atoms. The van der Waals surface area contributed by atoms with Gasteiger partial charge in [-0.25, -0.2) is 9.59 Å². The highest BCUT2D eigenvalue weighted by Crippen LogP contribution is 2.25. The van der Waals surface area contributed by atoms with Crippen molar-refractivity contribution < 1.29 is 54.0 Å². The number of carbonyl (C=O) groups is 2. The Morgan fingerprint density at radius 3 is 2.05 bits per heavy atom. The molecule has 1 unspecified atom stereocenters. The van der Waals surface area contributed by atoms with E-state index in [4.69, 9.17) is 4.55 Å². The highest BCUT2D eigenvalue weighted by atomic mass is 32.2. The summed E-state index contributed by atoms with van der Waals surface area (Å²) in [7, 11) is -5.86. The lowest BCUT2D eigenvalue weighted by atomic mass is 10.3. The van der Waals surface area contributed by atoms with Crippen LogP contribution in [0.3, 0.4) is 0 Å². The Morgan fingerprint density at radius 1 is 1.23 bits per heavy atom. The van der Waals surface area contributed by atoms with E-state index in [2.05, 4.69) is 16.1 Å². The SMILES string of the molecule is C=C(C(=O)OC(C)C(=O)OCC(F)(F)S(=O)(=O)O)C(F)(F)F.